The van der Waals surface area contributed by atoms with E-state index in [2.05, 4.69) is 23.2 Å². The molecule has 3 heterocycles. The molecule has 0 unspecified atom stereocenters. The van der Waals surface area contributed by atoms with Gasteiger partial charge in [0, 0.05) is 24.5 Å². The van der Waals surface area contributed by atoms with E-state index >= 15 is 0 Å². The Kier molecular flexibility index (Phi) is 4.93. The van der Waals surface area contributed by atoms with Gasteiger partial charge in [-0.1, -0.05) is 36.0 Å². The molecule has 1 aromatic heterocycles. The van der Waals surface area contributed by atoms with E-state index in [-0.39, 0.29) is 11.7 Å². The summed E-state index contributed by atoms with van der Waals surface area (Å²) in [6, 6.07) is 15.9. The molecule has 0 saturated carbocycles. The van der Waals surface area contributed by atoms with E-state index in [4.69, 9.17) is 9.47 Å². The molecule has 0 spiro atoms. The molecule has 2 aliphatic rings. The van der Waals surface area contributed by atoms with E-state index in [9.17, 15) is 10.1 Å². The lowest BCUT2D eigenvalue weighted by atomic mass is 10.00. The van der Waals surface area contributed by atoms with E-state index in [1.807, 2.05) is 29.2 Å². The van der Waals surface area contributed by atoms with Gasteiger partial charge in [0.05, 0.1) is 16.8 Å². The van der Waals surface area contributed by atoms with Crippen molar-refractivity contribution in [1.82, 2.24) is 9.88 Å². The first-order valence-corrected chi connectivity index (χ1v) is 10.8. The van der Waals surface area contributed by atoms with Crippen molar-refractivity contribution in [2.45, 2.75) is 18.0 Å². The van der Waals surface area contributed by atoms with Crippen LogP contribution in [0.4, 0.5) is 0 Å². The van der Waals surface area contributed by atoms with E-state index in [0.717, 1.165) is 23.9 Å². The van der Waals surface area contributed by atoms with Crippen molar-refractivity contribution in [2.75, 3.05) is 25.5 Å². The van der Waals surface area contributed by atoms with E-state index in [1.54, 1.807) is 6.07 Å². The third-order valence-electron chi connectivity index (χ3n) is 5.38. The van der Waals surface area contributed by atoms with Crippen LogP contribution in [-0.2, 0) is 17.8 Å². The zero-order valence-corrected chi connectivity index (χ0v) is 17.1. The molecule has 2 aliphatic heterocycles. The first-order chi connectivity index (χ1) is 14.7. The maximum atomic E-state index is 12.8. The number of hydrogen-bond acceptors (Lipinski definition) is 6. The number of benzene rings is 2. The van der Waals surface area contributed by atoms with Crippen molar-refractivity contribution in [3.05, 3.63) is 59.2 Å². The smallest absolute Gasteiger partial charge is 0.233 e. The second-order valence-electron chi connectivity index (χ2n) is 7.26. The molecule has 150 valence electrons. The summed E-state index contributed by atoms with van der Waals surface area (Å²) >= 11 is 1.31. The fraction of sp³-hybridized carbons (Fsp3) is 0.261. The molecule has 7 heteroatoms. The third kappa shape index (κ3) is 3.55. The Morgan fingerprint density at radius 3 is 2.70 bits per heavy atom. The van der Waals surface area contributed by atoms with Gasteiger partial charge in [0.2, 0.25) is 5.91 Å². The summed E-state index contributed by atoms with van der Waals surface area (Å²) in [5.41, 5.74) is 3.70. The molecule has 5 rings (SSSR count). The molecule has 0 saturated heterocycles. The van der Waals surface area contributed by atoms with Crippen LogP contribution in [-0.4, -0.2) is 41.3 Å². The lowest BCUT2D eigenvalue weighted by molar-refractivity contribution is -0.129. The van der Waals surface area contributed by atoms with Crippen molar-refractivity contribution < 1.29 is 14.3 Å². The van der Waals surface area contributed by atoms with Gasteiger partial charge in [0.15, 0.2) is 11.5 Å². The number of rotatable bonds is 3. The van der Waals surface area contributed by atoms with Gasteiger partial charge in [-0.2, -0.15) is 5.26 Å². The van der Waals surface area contributed by atoms with E-state index in [1.165, 1.54) is 22.9 Å². The summed E-state index contributed by atoms with van der Waals surface area (Å²) < 4.78 is 11.3. The SMILES string of the molecule is N#Cc1cc2cc3c(cc2nc1SCC(=O)N1CCc2ccccc2C1)OCCO3. The number of thioether (sulfide) groups is 1. The average Bonchev–Trinajstić information content (AvgIpc) is 2.80. The predicted octanol–water partition coefficient (Wildman–Crippen LogP) is 3.55. The average molecular weight is 417 g/mol. The predicted molar refractivity (Wildman–Crippen MR) is 114 cm³/mol. The van der Waals surface area contributed by atoms with Gasteiger partial charge in [0.25, 0.3) is 0 Å². The van der Waals surface area contributed by atoms with Gasteiger partial charge < -0.3 is 14.4 Å². The zero-order valence-electron chi connectivity index (χ0n) is 16.3. The highest BCUT2D eigenvalue weighted by molar-refractivity contribution is 8.00. The summed E-state index contributed by atoms with van der Waals surface area (Å²) in [6.45, 7) is 2.36. The van der Waals surface area contributed by atoms with Crippen molar-refractivity contribution in [1.29, 1.82) is 5.26 Å². The second-order valence-corrected chi connectivity index (χ2v) is 8.23. The van der Waals surface area contributed by atoms with Gasteiger partial charge in [-0.05, 0) is 29.7 Å². The van der Waals surface area contributed by atoms with Crippen LogP contribution < -0.4 is 9.47 Å². The normalized spacial score (nSPS) is 14.8. The Balaban J connectivity index is 1.35. The van der Waals surface area contributed by atoms with Gasteiger partial charge in [-0.3, -0.25) is 4.79 Å². The summed E-state index contributed by atoms with van der Waals surface area (Å²) in [6.07, 6.45) is 0.872. The van der Waals surface area contributed by atoms with Crippen LogP contribution in [0.5, 0.6) is 11.5 Å². The fourth-order valence-electron chi connectivity index (χ4n) is 3.81. The van der Waals surface area contributed by atoms with Gasteiger partial charge in [-0.25, -0.2) is 4.98 Å². The summed E-state index contributed by atoms with van der Waals surface area (Å²) in [5.74, 6) is 1.63. The Bertz CT molecular complexity index is 1190. The van der Waals surface area contributed by atoms with E-state index in [0.29, 0.717) is 41.8 Å². The number of nitriles is 1. The number of amides is 1. The number of fused-ring (bicyclic) bond motifs is 3. The highest BCUT2D eigenvalue weighted by atomic mass is 32.2. The molecule has 0 radical (unpaired) electrons. The number of carbonyl (C=O) groups is 1. The number of pyridine rings is 1. The molecule has 1 amide bonds. The van der Waals surface area contributed by atoms with Crippen molar-refractivity contribution in [3.8, 4) is 17.6 Å². The van der Waals surface area contributed by atoms with Crippen molar-refractivity contribution >= 4 is 28.6 Å². The van der Waals surface area contributed by atoms with Gasteiger partial charge in [0.1, 0.15) is 24.3 Å². The topological polar surface area (TPSA) is 75.5 Å². The van der Waals surface area contributed by atoms with Crippen LogP contribution in [0.2, 0.25) is 0 Å². The molecular formula is C23H19N3O3S. The quantitative estimate of drug-likeness (QED) is 0.607. The van der Waals surface area contributed by atoms with Crippen LogP contribution in [0, 0.1) is 11.3 Å². The van der Waals surface area contributed by atoms with Crippen molar-refractivity contribution in [3.63, 3.8) is 0 Å². The Hall–Kier alpha value is -3.24. The molecule has 0 N–H and O–H groups in total. The molecule has 0 fully saturated rings. The molecule has 30 heavy (non-hydrogen) atoms. The minimum atomic E-state index is 0.0578. The molecule has 0 aliphatic carbocycles. The largest absolute Gasteiger partial charge is 0.486 e. The highest BCUT2D eigenvalue weighted by Gasteiger charge is 2.21. The molecule has 3 aromatic rings. The zero-order chi connectivity index (χ0) is 20.5. The molecular weight excluding hydrogens is 398 g/mol. The summed E-state index contributed by atoms with van der Waals surface area (Å²) in [5, 5.41) is 11.0. The minimum absolute atomic E-state index is 0.0578. The van der Waals surface area contributed by atoms with Crippen molar-refractivity contribution in [2.24, 2.45) is 0 Å². The van der Waals surface area contributed by atoms with Crippen LogP contribution in [0.3, 0.4) is 0 Å². The number of ether oxygens (including phenoxy) is 2. The highest BCUT2D eigenvalue weighted by Crippen LogP contribution is 2.35. The molecule has 0 atom stereocenters. The van der Waals surface area contributed by atoms with Crippen LogP contribution in [0.1, 0.15) is 16.7 Å². The number of aromatic nitrogens is 1. The first-order valence-electron chi connectivity index (χ1n) is 9.83. The van der Waals surface area contributed by atoms with E-state index < -0.39 is 0 Å². The fourth-order valence-corrected chi connectivity index (χ4v) is 4.68. The van der Waals surface area contributed by atoms with Crippen LogP contribution in [0.15, 0.2) is 47.5 Å². The van der Waals surface area contributed by atoms with Crippen LogP contribution in [0.25, 0.3) is 10.9 Å². The van der Waals surface area contributed by atoms with Gasteiger partial charge >= 0.3 is 0 Å². The van der Waals surface area contributed by atoms with Crippen LogP contribution >= 0.6 is 11.8 Å². The summed E-state index contributed by atoms with van der Waals surface area (Å²) in [4.78, 5) is 19.3. The Morgan fingerprint density at radius 2 is 1.90 bits per heavy atom. The minimum Gasteiger partial charge on any atom is -0.486 e. The third-order valence-corrected chi connectivity index (χ3v) is 6.36. The van der Waals surface area contributed by atoms with Gasteiger partial charge in [-0.15, -0.1) is 0 Å². The maximum absolute atomic E-state index is 12.8. The monoisotopic (exact) mass is 417 g/mol. The number of carbonyl (C=O) groups excluding carboxylic acids is 1. The lowest BCUT2D eigenvalue weighted by Crippen LogP contribution is -2.37. The summed E-state index contributed by atoms with van der Waals surface area (Å²) in [7, 11) is 0. The maximum Gasteiger partial charge on any atom is 0.233 e. The molecule has 0 bridgehead atoms. The first kappa shape index (κ1) is 18.8. The second kappa shape index (κ2) is 7.88. The standard InChI is InChI=1S/C23H19N3O3S/c24-12-18-9-17-10-20-21(29-8-7-28-20)11-19(17)25-23(18)30-14-22(27)26-6-5-15-3-1-2-4-16(15)13-26/h1-4,9-11H,5-8,13-14H2. The Morgan fingerprint density at radius 1 is 1.13 bits per heavy atom. The lowest BCUT2D eigenvalue weighted by Gasteiger charge is -2.28. The molecule has 6 nitrogen and oxygen atoms in total. The Labute approximate surface area is 178 Å². The number of nitrogens with zero attached hydrogens (tertiary/aromatic N) is 3. The number of hydrogen-bond donors (Lipinski definition) is 0. The molecule has 2 aromatic carbocycles.